The number of hydrogen-bond acceptors (Lipinski definition) is 18. The van der Waals surface area contributed by atoms with E-state index in [9.17, 15) is 61.0 Å². The molecule has 3 saturated heterocycles. The summed E-state index contributed by atoms with van der Waals surface area (Å²) in [6.45, 7) is 1.74. The van der Waals surface area contributed by atoms with E-state index in [1.165, 1.54) is 96.3 Å². The Balaban J connectivity index is 1.50. The maximum absolute atomic E-state index is 13.3. The van der Waals surface area contributed by atoms with E-state index >= 15 is 0 Å². The fraction of sp³-hybridized carbons (Fsp3) is 0.943. The number of aliphatic hydroxyl groups is 11. The molecule has 19 heteroatoms. The van der Waals surface area contributed by atoms with Gasteiger partial charge in [0.15, 0.2) is 18.9 Å². The van der Waals surface area contributed by atoms with E-state index in [4.69, 9.17) is 28.4 Å². The highest BCUT2D eigenvalue weighted by Crippen LogP contribution is 2.33. The number of amides is 1. The van der Waals surface area contributed by atoms with Gasteiger partial charge in [0.25, 0.3) is 0 Å². The Hall–Kier alpha value is -1.47. The quantitative estimate of drug-likeness (QED) is 0.0309. The molecule has 72 heavy (non-hydrogen) atoms. The van der Waals surface area contributed by atoms with Crippen molar-refractivity contribution in [3.8, 4) is 0 Å². The van der Waals surface area contributed by atoms with Crippen molar-refractivity contribution >= 4 is 5.91 Å². The SMILES string of the molecule is CCCCCCCCC/C=C\CCCCCCCCCC(=O)NC(COC1OC(CO)C(OC2OC(CO)C(OC3OC(CO)C(O)C(O)C3O)C(O)C2O)C(O)C1O)C(O)CCCCCCCCCCC. The van der Waals surface area contributed by atoms with Crippen LogP contribution in [0, 0.1) is 0 Å². The number of unbranched alkanes of at least 4 members (excludes halogenated alkanes) is 22. The van der Waals surface area contributed by atoms with Gasteiger partial charge in [0.2, 0.25) is 5.91 Å². The molecule has 0 spiro atoms. The summed E-state index contributed by atoms with van der Waals surface area (Å²) in [5, 5.41) is 120. The van der Waals surface area contributed by atoms with Crippen molar-refractivity contribution in [2.75, 3.05) is 26.4 Å². The molecule has 3 heterocycles. The predicted molar refractivity (Wildman–Crippen MR) is 268 cm³/mol. The largest absolute Gasteiger partial charge is 0.394 e. The lowest BCUT2D eigenvalue weighted by Crippen LogP contribution is -2.66. The van der Waals surface area contributed by atoms with Gasteiger partial charge in [-0.05, 0) is 38.5 Å². The number of nitrogens with one attached hydrogen (secondary N) is 1. The van der Waals surface area contributed by atoms with E-state index in [1.807, 2.05) is 0 Å². The number of allylic oxidation sites excluding steroid dienone is 2. The Labute approximate surface area is 429 Å². The normalized spacial score (nSPS) is 32.0. The lowest BCUT2D eigenvalue weighted by Gasteiger charge is -2.48. The van der Waals surface area contributed by atoms with Crippen molar-refractivity contribution in [3.05, 3.63) is 12.2 Å². The summed E-state index contributed by atoms with van der Waals surface area (Å²) < 4.78 is 34.2. The van der Waals surface area contributed by atoms with Crippen LogP contribution in [0.15, 0.2) is 12.2 Å². The first-order chi connectivity index (χ1) is 34.8. The van der Waals surface area contributed by atoms with Crippen LogP contribution in [0.2, 0.25) is 0 Å². The zero-order chi connectivity index (χ0) is 52.7. The van der Waals surface area contributed by atoms with E-state index in [0.29, 0.717) is 12.8 Å². The van der Waals surface area contributed by atoms with Crippen LogP contribution >= 0.6 is 0 Å². The zero-order valence-corrected chi connectivity index (χ0v) is 43.7. The summed E-state index contributed by atoms with van der Waals surface area (Å²) in [7, 11) is 0. The van der Waals surface area contributed by atoms with E-state index < -0.39 is 124 Å². The van der Waals surface area contributed by atoms with Crippen LogP contribution in [0.5, 0.6) is 0 Å². The molecule has 3 rings (SSSR count). The fourth-order valence-corrected chi connectivity index (χ4v) is 9.66. The highest BCUT2D eigenvalue weighted by molar-refractivity contribution is 5.76. The second kappa shape index (κ2) is 38.1. The second-order valence-corrected chi connectivity index (χ2v) is 20.4. The summed E-state index contributed by atoms with van der Waals surface area (Å²) in [6.07, 6.45) is 7.52. The van der Waals surface area contributed by atoms with E-state index in [2.05, 4.69) is 31.3 Å². The first-order valence-corrected chi connectivity index (χ1v) is 27.9. The van der Waals surface area contributed by atoms with Crippen molar-refractivity contribution in [1.29, 1.82) is 0 Å². The van der Waals surface area contributed by atoms with Crippen LogP contribution < -0.4 is 5.32 Å². The minimum atomic E-state index is -1.97. The topological polar surface area (TPSA) is 307 Å². The standard InChI is InChI=1S/C53H99NO18/c1-3-5-7-9-11-13-14-15-16-17-18-19-20-21-23-25-27-29-31-41(59)54-36(37(58)30-28-26-24-22-12-10-8-6-4-2)35-67-51-47(65)44(62)49(39(33-56)69-51)72-53-48(66)45(63)50(40(34-57)70-53)71-52-46(64)43(61)42(60)38(32-55)68-52/h16-17,36-40,42-53,55-58,60-66H,3-15,18-35H2,1-2H3,(H,54,59)/b17-16-. The number of ether oxygens (including phenoxy) is 6. The molecule has 0 bridgehead atoms. The molecule has 0 aromatic carbocycles. The Bertz CT molecular complexity index is 1380. The molecule has 424 valence electrons. The molecule has 0 radical (unpaired) electrons. The van der Waals surface area contributed by atoms with Gasteiger partial charge >= 0.3 is 0 Å². The lowest BCUT2D eigenvalue weighted by atomic mass is 9.96. The van der Waals surface area contributed by atoms with Crippen LogP contribution in [0.3, 0.4) is 0 Å². The number of rotatable bonds is 40. The van der Waals surface area contributed by atoms with Gasteiger partial charge < -0.3 is 89.9 Å². The first-order valence-electron chi connectivity index (χ1n) is 27.9. The van der Waals surface area contributed by atoms with Crippen LogP contribution in [0.4, 0.5) is 0 Å². The molecule has 3 aliphatic rings. The van der Waals surface area contributed by atoms with Crippen molar-refractivity contribution in [3.63, 3.8) is 0 Å². The van der Waals surface area contributed by atoms with Crippen LogP contribution in [0.1, 0.15) is 187 Å². The van der Waals surface area contributed by atoms with Crippen LogP contribution in [-0.4, -0.2) is 193 Å². The molecule has 19 nitrogen and oxygen atoms in total. The molecule has 3 aliphatic heterocycles. The third-order valence-electron chi connectivity index (χ3n) is 14.3. The van der Waals surface area contributed by atoms with Crippen molar-refractivity contribution < 1.29 is 89.4 Å². The van der Waals surface area contributed by atoms with Crippen LogP contribution in [-0.2, 0) is 33.2 Å². The van der Waals surface area contributed by atoms with Gasteiger partial charge in [-0.1, -0.05) is 154 Å². The molecule has 0 aromatic rings. The van der Waals surface area contributed by atoms with Gasteiger partial charge in [0.1, 0.15) is 73.2 Å². The van der Waals surface area contributed by atoms with E-state index in [1.54, 1.807) is 0 Å². The van der Waals surface area contributed by atoms with Gasteiger partial charge in [0, 0.05) is 6.42 Å². The highest BCUT2D eigenvalue weighted by atomic mass is 16.8. The summed E-state index contributed by atoms with van der Waals surface area (Å²) in [6, 6.07) is -0.883. The highest BCUT2D eigenvalue weighted by Gasteiger charge is 2.53. The third kappa shape index (κ3) is 23.0. The van der Waals surface area contributed by atoms with Crippen molar-refractivity contribution in [2.45, 2.75) is 291 Å². The Kier molecular flexibility index (Phi) is 34.3. The summed E-state index contributed by atoms with van der Waals surface area (Å²) >= 11 is 0. The molecule has 3 fully saturated rings. The van der Waals surface area contributed by atoms with Gasteiger partial charge in [-0.15, -0.1) is 0 Å². The molecule has 12 N–H and O–H groups in total. The van der Waals surface area contributed by atoms with E-state index in [-0.39, 0.29) is 18.9 Å². The van der Waals surface area contributed by atoms with Crippen molar-refractivity contribution in [1.82, 2.24) is 5.32 Å². The Morgan fingerprint density at radius 2 is 0.875 bits per heavy atom. The predicted octanol–water partition coefficient (Wildman–Crippen LogP) is 3.43. The summed E-state index contributed by atoms with van der Waals surface area (Å²) in [5.74, 6) is -0.250. The number of carbonyl (C=O) groups excluding carboxylic acids is 1. The van der Waals surface area contributed by atoms with Gasteiger partial charge in [-0.3, -0.25) is 4.79 Å². The molecular formula is C53H99NO18. The van der Waals surface area contributed by atoms with Gasteiger partial charge in [-0.25, -0.2) is 0 Å². The number of aliphatic hydroxyl groups excluding tert-OH is 11. The maximum Gasteiger partial charge on any atom is 0.220 e. The molecule has 17 unspecified atom stereocenters. The van der Waals surface area contributed by atoms with Gasteiger partial charge in [-0.2, -0.15) is 0 Å². The molecular weight excluding hydrogens is 939 g/mol. The lowest BCUT2D eigenvalue weighted by molar-refractivity contribution is -0.379. The minimum Gasteiger partial charge on any atom is -0.394 e. The van der Waals surface area contributed by atoms with Gasteiger partial charge in [0.05, 0.1) is 38.6 Å². The first kappa shape index (κ1) is 64.8. The maximum atomic E-state index is 13.3. The summed E-state index contributed by atoms with van der Waals surface area (Å²) in [5.41, 5.74) is 0. The Morgan fingerprint density at radius 1 is 0.486 bits per heavy atom. The zero-order valence-electron chi connectivity index (χ0n) is 43.7. The average molecular weight is 1040 g/mol. The molecule has 17 atom stereocenters. The molecule has 1 amide bonds. The average Bonchev–Trinajstić information content (AvgIpc) is 3.37. The molecule has 0 aromatic heterocycles. The number of hydrogen-bond donors (Lipinski definition) is 12. The summed E-state index contributed by atoms with van der Waals surface area (Å²) in [4.78, 5) is 13.3. The Morgan fingerprint density at radius 3 is 1.35 bits per heavy atom. The minimum absolute atomic E-state index is 0.250. The van der Waals surface area contributed by atoms with E-state index in [0.717, 1.165) is 57.8 Å². The third-order valence-corrected chi connectivity index (χ3v) is 14.3. The van der Waals surface area contributed by atoms with Crippen LogP contribution in [0.25, 0.3) is 0 Å². The number of carbonyl (C=O) groups is 1. The monoisotopic (exact) mass is 1040 g/mol. The fourth-order valence-electron chi connectivity index (χ4n) is 9.66. The van der Waals surface area contributed by atoms with Crippen molar-refractivity contribution in [2.24, 2.45) is 0 Å². The second-order valence-electron chi connectivity index (χ2n) is 20.4. The smallest absolute Gasteiger partial charge is 0.220 e. The molecule has 0 saturated carbocycles. The molecule has 0 aliphatic carbocycles.